The predicted molar refractivity (Wildman–Crippen MR) is 81.9 cm³/mol. The Labute approximate surface area is 115 Å². The van der Waals surface area contributed by atoms with E-state index in [1.165, 1.54) is 51.5 Å². The molecule has 1 heteroatoms. The molecule has 3 atom stereocenters. The van der Waals surface area contributed by atoms with E-state index in [2.05, 4.69) is 39.9 Å². The molecule has 108 valence electrons. The van der Waals surface area contributed by atoms with Crippen molar-refractivity contribution in [1.82, 2.24) is 5.32 Å². The highest BCUT2D eigenvalue weighted by Gasteiger charge is 2.37. The van der Waals surface area contributed by atoms with Gasteiger partial charge in [0.2, 0.25) is 0 Å². The van der Waals surface area contributed by atoms with Crippen molar-refractivity contribution in [1.29, 1.82) is 0 Å². The van der Waals surface area contributed by atoms with Gasteiger partial charge in [-0.2, -0.15) is 0 Å². The lowest BCUT2D eigenvalue weighted by atomic mass is 9.63. The van der Waals surface area contributed by atoms with Crippen LogP contribution in [0.25, 0.3) is 0 Å². The molecular formula is C17H35N. The summed E-state index contributed by atoms with van der Waals surface area (Å²) < 4.78 is 0. The summed E-state index contributed by atoms with van der Waals surface area (Å²) in [6.45, 7) is 13.1. The van der Waals surface area contributed by atoms with E-state index >= 15 is 0 Å². The molecule has 0 spiro atoms. The maximum atomic E-state index is 3.84. The van der Waals surface area contributed by atoms with Gasteiger partial charge in [-0.25, -0.2) is 0 Å². The summed E-state index contributed by atoms with van der Waals surface area (Å²) in [6, 6.07) is 0.763. The first-order valence-electron chi connectivity index (χ1n) is 8.24. The monoisotopic (exact) mass is 253 g/mol. The van der Waals surface area contributed by atoms with Gasteiger partial charge in [-0.05, 0) is 49.5 Å². The van der Waals surface area contributed by atoms with Gasteiger partial charge in [-0.3, -0.25) is 0 Å². The van der Waals surface area contributed by atoms with Gasteiger partial charge in [0.1, 0.15) is 0 Å². The van der Waals surface area contributed by atoms with Crippen LogP contribution in [0.15, 0.2) is 0 Å². The largest absolute Gasteiger partial charge is 0.314 e. The molecular weight excluding hydrogens is 218 g/mol. The molecule has 0 radical (unpaired) electrons. The first kappa shape index (κ1) is 16.0. The molecule has 1 aliphatic carbocycles. The van der Waals surface area contributed by atoms with Crippen molar-refractivity contribution >= 4 is 0 Å². The minimum absolute atomic E-state index is 0.477. The molecule has 1 N–H and O–H groups in total. The fraction of sp³-hybridized carbons (Fsp3) is 1.00. The number of hydrogen-bond acceptors (Lipinski definition) is 1. The van der Waals surface area contributed by atoms with Crippen molar-refractivity contribution in [3.8, 4) is 0 Å². The zero-order chi connectivity index (χ0) is 13.6. The Kier molecular flexibility index (Phi) is 6.70. The maximum absolute atomic E-state index is 3.84. The van der Waals surface area contributed by atoms with E-state index in [0.29, 0.717) is 5.41 Å². The lowest BCUT2D eigenvalue weighted by molar-refractivity contribution is 0.0764. The van der Waals surface area contributed by atoms with Crippen LogP contribution in [-0.4, -0.2) is 12.6 Å². The highest BCUT2D eigenvalue weighted by atomic mass is 14.9. The first-order valence-corrected chi connectivity index (χ1v) is 8.24. The third-order valence-corrected chi connectivity index (χ3v) is 4.70. The summed E-state index contributed by atoms with van der Waals surface area (Å²) in [4.78, 5) is 0. The standard InChI is InChI=1S/C17H35N/c1-6-10-16(18-13-7-2)14-11-8-9-12-15(14)17(3,4)5/h14-16,18H,6-13H2,1-5H3. The van der Waals surface area contributed by atoms with Crippen molar-refractivity contribution in [3.05, 3.63) is 0 Å². The van der Waals surface area contributed by atoms with E-state index in [-0.39, 0.29) is 0 Å². The molecule has 0 saturated heterocycles. The summed E-state index contributed by atoms with van der Waals surface area (Å²) in [5.74, 6) is 1.82. The minimum atomic E-state index is 0.477. The van der Waals surface area contributed by atoms with E-state index in [1.54, 1.807) is 0 Å². The van der Waals surface area contributed by atoms with Crippen molar-refractivity contribution in [2.45, 2.75) is 85.6 Å². The zero-order valence-electron chi connectivity index (χ0n) is 13.4. The summed E-state index contributed by atoms with van der Waals surface area (Å²) in [5, 5.41) is 3.84. The lowest BCUT2D eigenvalue weighted by Crippen LogP contribution is -2.45. The van der Waals surface area contributed by atoms with Crippen LogP contribution in [0.3, 0.4) is 0 Å². The van der Waals surface area contributed by atoms with Gasteiger partial charge in [-0.15, -0.1) is 0 Å². The van der Waals surface area contributed by atoms with Crippen LogP contribution < -0.4 is 5.32 Å². The van der Waals surface area contributed by atoms with Crippen LogP contribution in [0.5, 0.6) is 0 Å². The molecule has 0 amide bonds. The van der Waals surface area contributed by atoms with Gasteiger partial charge in [0.15, 0.2) is 0 Å². The zero-order valence-corrected chi connectivity index (χ0v) is 13.4. The molecule has 0 aromatic rings. The molecule has 1 rings (SSSR count). The molecule has 1 nitrogen and oxygen atoms in total. The molecule has 0 aromatic heterocycles. The van der Waals surface area contributed by atoms with E-state index in [1.807, 2.05) is 0 Å². The first-order chi connectivity index (χ1) is 8.50. The Morgan fingerprint density at radius 2 is 1.72 bits per heavy atom. The van der Waals surface area contributed by atoms with E-state index in [0.717, 1.165) is 17.9 Å². The normalized spacial score (nSPS) is 27.2. The van der Waals surface area contributed by atoms with Crippen LogP contribution in [-0.2, 0) is 0 Å². The number of hydrogen-bond donors (Lipinski definition) is 1. The van der Waals surface area contributed by atoms with Gasteiger partial charge in [0.25, 0.3) is 0 Å². The number of rotatable bonds is 6. The molecule has 0 aromatic carbocycles. The van der Waals surface area contributed by atoms with Gasteiger partial charge < -0.3 is 5.32 Å². The van der Waals surface area contributed by atoms with E-state index in [9.17, 15) is 0 Å². The Morgan fingerprint density at radius 3 is 2.28 bits per heavy atom. The van der Waals surface area contributed by atoms with Crippen molar-refractivity contribution in [2.75, 3.05) is 6.54 Å². The third kappa shape index (κ3) is 4.57. The average molecular weight is 253 g/mol. The van der Waals surface area contributed by atoms with Crippen LogP contribution in [0.2, 0.25) is 0 Å². The SMILES string of the molecule is CCCNC(CCC)C1CCCCC1C(C)(C)C. The third-order valence-electron chi connectivity index (χ3n) is 4.70. The fourth-order valence-corrected chi connectivity index (χ4v) is 3.82. The van der Waals surface area contributed by atoms with Crippen LogP contribution in [0.1, 0.15) is 79.6 Å². The van der Waals surface area contributed by atoms with Crippen molar-refractivity contribution < 1.29 is 0 Å². The van der Waals surface area contributed by atoms with Gasteiger partial charge in [0.05, 0.1) is 0 Å². The predicted octanol–water partition coefficient (Wildman–Crippen LogP) is 5.01. The molecule has 1 saturated carbocycles. The summed E-state index contributed by atoms with van der Waals surface area (Å²) in [5.41, 5.74) is 0.477. The molecule has 0 aliphatic heterocycles. The number of nitrogens with one attached hydrogen (secondary N) is 1. The van der Waals surface area contributed by atoms with E-state index in [4.69, 9.17) is 0 Å². The van der Waals surface area contributed by atoms with Crippen LogP contribution in [0.4, 0.5) is 0 Å². The van der Waals surface area contributed by atoms with Gasteiger partial charge >= 0.3 is 0 Å². The summed E-state index contributed by atoms with van der Waals surface area (Å²) >= 11 is 0. The van der Waals surface area contributed by atoms with Gasteiger partial charge in [-0.1, -0.05) is 53.9 Å². The van der Waals surface area contributed by atoms with Crippen molar-refractivity contribution in [3.63, 3.8) is 0 Å². The minimum Gasteiger partial charge on any atom is -0.314 e. The Balaban J connectivity index is 2.71. The molecule has 1 fully saturated rings. The van der Waals surface area contributed by atoms with Crippen molar-refractivity contribution in [2.24, 2.45) is 17.3 Å². The molecule has 0 bridgehead atoms. The van der Waals surface area contributed by atoms with E-state index < -0.39 is 0 Å². The second kappa shape index (κ2) is 7.53. The van der Waals surface area contributed by atoms with Crippen LogP contribution >= 0.6 is 0 Å². The summed E-state index contributed by atoms with van der Waals surface area (Å²) in [7, 11) is 0. The second-order valence-electron chi connectivity index (χ2n) is 7.27. The topological polar surface area (TPSA) is 12.0 Å². The maximum Gasteiger partial charge on any atom is 0.00980 e. The molecule has 3 unspecified atom stereocenters. The lowest BCUT2D eigenvalue weighted by Gasteiger charge is -2.44. The second-order valence-corrected chi connectivity index (χ2v) is 7.27. The van der Waals surface area contributed by atoms with Gasteiger partial charge in [0, 0.05) is 6.04 Å². The fourth-order valence-electron chi connectivity index (χ4n) is 3.82. The Morgan fingerprint density at radius 1 is 1.06 bits per heavy atom. The van der Waals surface area contributed by atoms with Crippen LogP contribution in [0, 0.1) is 17.3 Å². The molecule has 0 heterocycles. The Bertz CT molecular complexity index is 216. The summed E-state index contributed by atoms with van der Waals surface area (Å²) in [6.07, 6.45) is 9.72. The molecule has 18 heavy (non-hydrogen) atoms. The Hall–Kier alpha value is -0.0400. The highest BCUT2D eigenvalue weighted by Crippen LogP contribution is 2.43. The smallest absolute Gasteiger partial charge is 0.00980 e. The molecule has 1 aliphatic rings. The quantitative estimate of drug-likeness (QED) is 0.702. The average Bonchev–Trinajstić information content (AvgIpc) is 2.33. The highest BCUT2D eigenvalue weighted by molar-refractivity contribution is 4.90.